The highest BCUT2D eigenvalue weighted by Crippen LogP contribution is 2.53. The molecule has 0 spiro atoms. The number of ether oxygens (including phenoxy) is 1. The number of aliphatic carboxylic acids is 1. The van der Waals surface area contributed by atoms with E-state index < -0.39 is 23.7 Å². The van der Waals surface area contributed by atoms with Gasteiger partial charge >= 0.3 is 5.97 Å². The molecule has 1 aliphatic carbocycles. The van der Waals surface area contributed by atoms with Crippen LogP contribution in [0, 0.1) is 17.8 Å². The zero-order chi connectivity index (χ0) is 12.2. The number of imide groups is 1. The quantitative estimate of drug-likeness (QED) is 0.670. The van der Waals surface area contributed by atoms with Crippen LogP contribution in [0.4, 0.5) is 0 Å². The topological polar surface area (TPSA) is 83.9 Å². The summed E-state index contributed by atoms with van der Waals surface area (Å²) in [6, 6.07) is 0. The molecule has 0 aromatic carbocycles. The van der Waals surface area contributed by atoms with Gasteiger partial charge in [-0.15, -0.1) is 0 Å². The van der Waals surface area contributed by atoms with Gasteiger partial charge in [0, 0.05) is 6.61 Å². The maximum atomic E-state index is 11.8. The lowest BCUT2D eigenvalue weighted by molar-refractivity contribution is -0.149. The zero-order valence-corrected chi connectivity index (χ0v) is 9.17. The summed E-state index contributed by atoms with van der Waals surface area (Å²) in [6.07, 6.45) is 1.74. The number of piperidine rings is 1. The Morgan fingerprint density at radius 2 is 2.00 bits per heavy atom. The number of hydrogen-bond donors (Lipinski definition) is 1. The largest absolute Gasteiger partial charge is 0.481 e. The minimum absolute atomic E-state index is 0.0660. The molecule has 17 heavy (non-hydrogen) atoms. The van der Waals surface area contributed by atoms with Gasteiger partial charge in [-0.25, -0.2) is 0 Å². The highest BCUT2D eigenvalue weighted by atomic mass is 16.5. The second-order valence-electron chi connectivity index (χ2n) is 4.84. The molecule has 0 radical (unpaired) electrons. The minimum atomic E-state index is -1.04. The van der Waals surface area contributed by atoms with Crippen LogP contribution < -0.4 is 0 Å². The van der Waals surface area contributed by atoms with E-state index in [-0.39, 0.29) is 24.5 Å². The summed E-state index contributed by atoms with van der Waals surface area (Å²) in [6.45, 7) is 0.961. The molecule has 3 aliphatic rings. The van der Waals surface area contributed by atoms with Gasteiger partial charge in [-0.3, -0.25) is 19.3 Å². The third-order valence-corrected chi connectivity index (χ3v) is 3.82. The van der Waals surface area contributed by atoms with E-state index in [1.807, 2.05) is 0 Å². The Kier molecular flexibility index (Phi) is 2.22. The van der Waals surface area contributed by atoms with Crippen molar-refractivity contribution in [2.45, 2.75) is 18.9 Å². The molecule has 1 saturated carbocycles. The normalized spacial score (nSPS) is 39.6. The predicted molar refractivity (Wildman–Crippen MR) is 53.8 cm³/mol. The molecular weight excluding hydrogens is 226 g/mol. The first-order valence-corrected chi connectivity index (χ1v) is 5.81. The van der Waals surface area contributed by atoms with Crippen LogP contribution in [0.5, 0.6) is 0 Å². The van der Waals surface area contributed by atoms with Crippen molar-refractivity contribution in [1.82, 2.24) is 4.90 Å². The molecule has 3 atom stereocenters. The Balaban J connectivity index is 1.68. The zero-order valence-electron chi connectivity index (χ0n) is 9.17. The summed E-state index contributed by atoms with van der Waals surface area (Å²) in [5, 5.41) is 8.82. The van der Waals surface area contributed by atoms with Crippen LogP contribution >= 0.6 is 0 Å². The van der Waals surface area contributed by atoms with Crippen LogP contribution in [0.15, 0.2) is 0 Å². The molecule has 0 aromatic rings. The van der Waals surface area contributed by atoms with Crippen molar-refractivity contribution in [3.8, 4) is 0 Å². The first-order valence-electron chi connectivity index (χ1n) is 5.81. The van der Waals surface area contributed by atoms with Gasteiger partial charge in [-0.1, -0.05) is 0 Å². The number of carboxylic acids is 1. The molecule has 1 N–H and O–H groups in total. The number of carbonyl (C=O) groups excluding carboxylic acids is 2. The lowest BCUT2D eigenvalue weighted by atomic mass is 10.2. The van der Waals surface area contributed by atoms with Crippen LogP contribution in [0.25, 0.3) is 0 Å². The van der Waals surface area contributed by atoms with E-state index in [9.17, 15) is 14.4 Å². The summed E-state index contributed by atoms with van der Waals surface area (Å²) in [7, 11) is 0. The van der Waals surface area contributed by atoms with E-state index in [1.54, 1.807) is 0 Å². The van der Waals surface area contributed by atoms with Crippen molar-refractivity contribution in [3.05, 3.63) is 0 Å². The number of hydrogen-bond acceptors (Lipinski definition) is 4. The van der Waals surface area contributed by atoms with Gasteiger partial charge in [0.2, 0.25) is 11.8 Å². The average Bonchev–Trinajstić information content (AvgIpc) is 2.74. The number of carbonyl (C=O) groups is 3. The predicted octanol–water partition coefficient (Wildman–Crippen LogP) is -0.519. The van der Waals surface area contributed by atoms with Crippen molar-refractivity contribution in [2.75, 3.05) is 13.2 Å². The highest BCUT2D eigenvalue weighted by molar-refractivity contribution is 6.13. The Morgan fingerprint density at radius 1 is 1.35 bits per heavy atom. The lowest BCUT2D eigenvalue weighted by Crippen LogP contribution is -2.40. The summed E-state index contributed by atoms with van der Waals surface area (Å²) in [4.78, 5) is 35.6. The molecule has 0 aromatic heterocycles. The average molecular weight is 239 g/mol. The van der Waals surface area contributed by atoms with E-state index in [2.05, 4.69) is 0 Å². The number of likely N-dealkylation sites (tertiary alicyclic amines) is 1. The summed E-state index contributed by atoms with van der Waals surface area (Å²) < 4.78 is 5.37. The summed E-state index contributed by atoms with van der Waals surface area (Å²) in [5.74, 6) is -3.71. The van der Waals surface area contributed by atoms with Gasteiger partial charge in [-0.2, -0.15) is 0 Å². The van der Waals surface area contributed by atoms with Gasteiger partial charge in [0.05, 0.1) is 30.4 Å². The van der Waals surface area contributed by atoms with Gasteiger partial charge in [0.15, 0.2) is 0 Å². The Labute approximate surface area is 97.5 Å². The fourth-order valence-corrected chi connectivity index (χ4v) is 2.87. The number of carboxylic acid groups (broad SMARTS) is 1. The molecule has 3 fully saturated rings. The number of nitrogens with zero attached hydrogens (tertiary/aromatic N) is 1. The van der Waals surface area contributed by atoms with E-state index in [1.165, 1.54) is 4.90 Å². The van der Waals surface area contributed by atoms with Crippen molar-refractivity contribution in [3.63, 3.8) is 0 Å². The Bertz CT molecular complexity index is 379. The molecule has 3 rings (SSSR count). The first-order chi connectivity index (χ1) is 8.11. The molecule has 6 heteroatoms. The molecule has 6 nitrogen and oxygen atoms in total. The monoisotopic (exact) mass is 239 g/mol. The molecule has 2 saturated heterocycles. The van der Waals surface area contributed by atoms with E-state index >= 15 is 0 Å². The molecule has 3 unspecified atom stereocenters. The smallest absolute Gasteiger partial charge is 0.308 e. The fourth-order valence-electron chi connectivity index (χ4n) is 2.87. The van der Waals surface area contributed by atoms with Gasteiger partial charge in [0.25, 0.3) is 0 Å². The summed E-state index contributed by atoms with van der Waals surface area (Å²) in [5.41, 5.74) is 0. The third kappa shape index (κ3) is 1.47. The number of amides is 2. The Morgan fingerprint density at radius 3 is 2.47 bits per heavy atom. The summed E-state index contributed by atoms with van der Waals surface area (Å²) >= 11 is 0. The van der Waals surface area contributed by atoms with Gasteiger partial charge < -0.3 is 9.84 Å². The van der Waals surface area contributed by atoms with Crippen LogP contribution in [0.1, 0.15) is 12.8 Å². The van der Waals surface area contributed by atoms with Crippen LogP contribution in [-0.4, -0.2) is 47.0 Å². The van der Waals surface area contributed by atoms with Gasteiger partial charge in [0.1, 0.15) is 0 Å². The van der Waals surface area contributed by atoms with Crippen LogP contribution in [-0.2, 0) is 19.1 Å². The van der Waals surface area contributed by atoms with E-state index in [0.717, 1.165) is 12.8 Å². The number of rotatable bonds is 3. The Hall–Kier alpha value is -1.43. The second kappa shape index (κ2) is 3.53. The van der Waals surface area contributed by atoms with Crippen molar-refractivity contribution >= 4 is 17.8 Å². The van der Waals surface area contributed by atoms with Crippen LogP contribution in [0.2, 0.25) is 0 Å². The van der Waals surface area contributed by atoms with E-state index in [4.69, 9.17) is 9.84 Å². The van der Waals surface area contributed by atoms with Gasteiger partial charge in [-0.05, 0) is 12.8 Å². The molecule has 92 valence electrons. The highest BCUT2D eigenvalue weighted by Gasteiger charge is 2.70. The second-order valence-corrected chi connectivity index (χ2v) is 4.84. The maximum Gasteiger partial charge on any atom is 0.308 e. The van der Waals surface area contributed by atoms with E-state index in [0.29, 0.717) is 6.61 Å². The molecule has 2 amide bonds. The van der Waals surface area contributed by atoms with Crippen molar-refractivity contribution in [1.29, 1.82) is 0 Å². The first kappa shape index (κ1) is 10.7. The minimum Gasteiger partial charge on any atom is -0.481 e. The number of fused-ring (bicyclic) bond motifs is 1. The van der Waals surface area contributed by atoms with Crippen LogP contribution in [0.3, 0.4) is 0 Å². The standard InChI is InChI=1S/C11H13NO5/c13-9-6-7(8(6)11(15)16)10(14)12(9)4-5-2-1-3-17-5/h5-8H,1-4H2,(H,15,16). The lowest BCUT2D eigenvalue weighted by Gasteiger charge is -2.20. The third-order valence-electron chi connectivity index (χ3n) is 3.82. The SMILES string of the molecule is O=C(O)C1C2C(=O)N(CC3CCCO3)C(=O)C12. The molecule has 2 heterocycles. The molecular formula is C11H13NO5. The van der Waals surface area contributed by atoms with Crippen molar-refractivity contribution in [2.24, 2.45) is 17.8 Å². The molecule has 2 aliphatic heterocycles. The maximum absolute atomic E-state index is 11.8. The van der Waals surface area contributed by atoms with Crippen molar-refractivity contribution < 1.29 is 24.2 Å². The molecule has 0 bridgehead atoms. The fraction of sp³-hybridized carbons (Fsp3) is 0.727.